The predicted octanol–water partition coefficient (Wildman–Crippen LogP) is 4.15. The zero-order chi connectivity index (χ0) is 15.2. The molecule has 1 amide bonds. The minimum absolute atomic E-state index is 0.167. The third kappa shape index (κ3) is 4.57. The summed E-state index contributed by atoms with van der Waals surface area (Å²) in [6, 6.07) is 11.8. The molecule has 0 saturated carbocycles. The van der Waals surface area contributed by atoms with Crippen molar-refractivity contribution in [1.82, 2.24) is 5.32 Å². The van der Waals surface area contributed by atoms with Crippen molar-refractivity contribution in [3.8, 4) is 0 Å². The molecule has 0 aliphatic heterocycles. The molecule has 2 aromatic carbocycles. The fraction of sp³-hybridized carbons (Fsp3) is 0.235. The van der Waals surface area contributed by atoms with Crippen molar-refractivity contribution >= 4 is 17.5 Å². The van der Waals surface area contributed by atoms with Gasteiger partial charge in [0.25, 0.3) is 5.91 Å². The number of hydrogen-bond acceptors (Lipinski definition) is 1. The van der Waals surface area contributed by atoms with Crippen molar-refractivity contribution in [2.24, 2.45) is 0 Å². The van der Waals surface area contributed by atoms with E-state index in [1.807, 2.05) is 13.0 Å². The Morgan fingerprint density at radius 3 is 2.57 bits per heavy atom. The summed E-state index contributed by atoms with van der Waals surface area (Å²) in [6.45, 7) is 2.48. The van der Waals surface area contributed by atoms with Crippen LogP contribution in [0.1, 0.15) is 27.9 Å². The van der Waals surface area contributed by atoms with Crippen LogP contribution in [0.5, 0.6) is 0 Å². The number of rotatable bonds is 5. The smallest absolute Gasteiger partial charge is 0.252 e. The highest BCUT2D eigenvalue weighted by Crippen LogP contribution is 2.17. The van der Waals surface area contributed by atoms with Crippen LogP contribution in [0.4, 0.5) is 4.39 Å². The quantitative estimate of drug-likeness (QED) is 0.826. The number of aryl methyl sites for hydroxylation is 2. The van der Waals surface area contributed by atoms with E-state index in [0.29, 0.717) is 17.1 Å². The molecule has 0 saturated heterocycles. The number of amides is 1. The molecule has 0 aromatic heterocycles. The zero-order valence-corrected chi connectivity index (χ0v) is 12.6. The second-order valence-electron chi connectivity index (χ2n) is 4.97. The molecular weight excluding hydrogens is 289 g/mol. The van der Waals surface area contributed by atoms with Crippen LogP contribution in [-0.2, 0) is 6.42 Å². The van der Waals surface area contributed by atoms with Gasteiger partial charge in [0.2, 0.25) is 0 Å². The van der Waals surface area contributed by atoms with Gasteiger partial charge in [-0.1, -0.05) is 29.8 Å². The Balaban J connectivity index is 1.80. The molecule has 0 spiro atoms. The Hall–Kier alpha value is -1.87. The van der Waals surface area contributed by atoms with E-state index in [0.717, 1.165) is 24.0 Å². The standard InChI is InChI=1S/C17H17ClFNO/c1-12-4-9-15(16(18)11-12)17(21)20-10-2-3-13-5-7-14(19)8-6-13/h4-9,11H,2-3,10H2,1H3,(H,20,21). The maximum Gasteiger partial charge on any atom is 0.252 e. The third-order valence-corrected chi connectivity index (χ3v) is 3.52. The lowest BCUT2D eigenvalue weighted by molar-refractivity contribution is 0.0953. The summed E-state index contributed by atoms with van der Waals surface area (Å²) in [4.78, 5) is 12.0. The summed E-state index contributed by atoms with van der Waals surface area (Å²) in [5, 5.41) is 3.31. The van der Waals surface area contributed by atoms with Gasteiger partial charge in [-0.3, -0.25) is 4.79 Å². The first-order valence-corrected chi connectivity index (χ1v) is 7.23. The maximum absolute atomic E-state index is 12.8. The molecule has 21 heavy (non-hydrogen) atoms. The van der Waals surface area contributed by atoms with Crippen LogP contribution in [0.3, 0.4) is 0 Å². The Morgan fingerprint density at radius 1 is 1.19 bits per heavy atom. The van der Waals surface area contributed by atoms with Crippen molar-refractivity contribution < 1.29 is 9.18 Å². The summed E-state index contributed by atoms with van der Waals surface area (Å²) in [6.07, 6.45) is 1.59. The Bertz CT molecular complexity index is 625. The fourth-order valence-corrected chi connectivity index (χ4v) is 2.37. The van der Waals surface area contributed by atoms with Gasteiger partial charge in [0.15, 0.2) is 0 Å². The molecule has 0 unspecified atom stereocenters. The number of hydrogen-bond donors (Lipinski definition) is 1. The highest BCUT2D eigenvalue weighted by molar-refractivity contribution is 6.33. The molecule has 0 radical (unpaired) electrons. The van der Waals surface area contributed by atoms with Gasteiger partial charge in [-0.05, 0) is 55.2 Å². The number of halogens is 2. The van der Waals surface area contributed by atoms with Crippen LogP contribution in [0, 0.1) is 12.7 Å². The average Bonchev–Trinajstić information content (AvgIpc) is 2.45. The van der Waals surface area contributed by atoms with Gasteiger partial charge in [0.05, 0.1) is 10.6 Å². The van der Waals surface area contributed by atoms with E-state index in [-0.39, 0.29) is 11.7 Å². The second kappa shape index (κ2) is 7.23. The largest absolute Gasteiger partial charge is 0.352 e. The second-order valence-corrected chi connectivity index (χ2v) is 5.38. The van der Waals surface area contributed by atoms with E-state index in [9.17, 15) is 9.18 Å². The van der Waals surface area contributed by atoms with Crippen LogP contribution in [0.2, 0.25) is 5.02 Å². The Morgan fingerprint density at radius 2 is 1.90 bits per heavy atom. The molecule has 110 valence electrons. The lowest BCUT2D eigenvalue weighted by Gasteiger charge is -2.07. The summed E-state index contributed by atoms with van der Waals surface area (Å²) in [5.41, 5.74) is 2.57. The van der Waals surface area contributed by atoms with Crippen molar-refractivity contribution in [3.63, 3.8) is 0 Å². The molecule has 2 aromatic rings. The normalized spacial score (nSPS) is 10.4. The van der Waals surface area contributed by atoms with Gasteiger partial charge in [0, 0.05) is 6.54 Å². The molecule has 0 fully saturated rings. The molecule has 2 rings (SSSR count). The van der Waals surface area contributed by atoms with Gasteiger partial charge < -0.3 is 5.32 Å². The van der Waals surface area contributed by atoms with Crippen LogP contribution < -0.4 is 5.32 Å². The highest BCUT2D eigenvalue weighted by atomic mass is 35.5. The monoisotopic (exact) mass is 305 g/mol. The molecule has 4 heteroatoms. The molecule has 1 N–H and O–H groups in total. The average molecular weight is 306 g/mol. The van der Waals surface area contributed by atoms with Gasteiger partial charge in [0.1, 0.15) is 5.82 Å². The summed E-state index contributed by atoms with van der Waals surface area (Å²) >= 11 is 6.05. The lowest BCUT2D eigenvalue weighted by atomic mass is 10.1. The topological polar surface area (TPSA) is 29.1 Å². The molecule has 0 bridgehead atoms. The highest BCUT2D eigenvalue weighted by Gasteiger charge is 2.09. The molecule has 2 nitrogen and oxygen atoms in total. The van der Waals surface area contributed by atoms with E-state index in [1.165, 1.54) is 12.1 Å². The van der Waals surface area contributed by atoms with E-state index in [4.69, 9.17) is 11.6 Å². The van der Waals surface area contributed by atoms with E-state index in [1.54, 1.807) is 24.3 Å². The van der Waals surface area contributed by atoms with Gasteiger partial charge in [-0.2, -0.15) is 0 Å². The Labute approximate surface area is 128 Å². The van der Waals surface area contributed by atoms with Crippen LogP contribution in [0.25, 0.3) is 0 Å². The van der Waals surface area contributed by atoms with Crippen molar-refractivity contribution in [3.05, 3.63) is 70.0 Å². The van der Waals surface area contributed by atoms with Crippen molar-refractivity contribution in [1.29, 1.82) is 0 Å². The number of benzene rings is 2. The number of carbonyl (C=O) groups is 1. The van der Waals surface area contributed by atoms with Gasteiger partial charge >= 0.3 is 0 Å². The first-order chi connectivity index (χ1) is 10.1. The minimum Gasteiger partial charge on any atom is -0.352 e. The fourth-order valence-electron chi connectivity index (χ4n) is 2.05. The molecule has 0 aliphatic carbocycles. The van der Waals surface area contributed by atoms with Crippen molar-refractivity contribution in [2.75, 3.05) is 6.54 Å². The number of carbonyl (C=O) groups excluding carboxylic acids is 1. The SMILES string of the molecule is Cc1ccc(C(=O)NCCCc2ccc(F)cc2)c(Cl)c1. The first kappa shape index (κ1) is 15.5. The summed E-state index contributed by atoms with van der Waals surface area (Å²) in [5.74, 6) is -0.403. The molecule has 0 heterocycles. The number of nitrogens with one attached hydrogen (secondary N) is 1. The summed E-state index contributed by atoms with van der Waals surface area (Å²) in [7, 11) is 0. The van der Waals surface area contributed by atoms with E-state index >= 15 is 0 Å². The van der Waals surface area contributed by atoms with Gasteiger partial charge in [-0.25, -0.2) is 4.39 Å². The van der Waals surface area contributed by atoms with E-state index in [2.05, 4.69) is 5.32 Å². The lowest BCUT2D eigenvalue weighted by Crippen LogP contribution is -2.25. The first-order valence-electron chi connectivity index (χ1n) is 6.85. The molecule has 0 atom stereocenters. The van der Waals surface area contributed by atoms with Gasteiger partial charge in [-0.15, -0.1) is 0 Å². The summed E-state index contributed by atoms with van der Waals surface area (Å²) < 4.78 is 12.8. The van der Waals surface area contributed by atoms with Crippen LogP contribution >= 0.6 is 11.6 Å². The molecule has 0 aliphatic rings. The third-order valence-electron chi connectivity index (χ3n) is 3.21. The maximum atomic E-state index is 12.8. The van der Waals surface area contributed by atoms with E-state index < -0.39 is 0 Å². The van der Waals surface area contributed by atoms with Crippen molar-refractivity contribution in [2.45, 2.75) is 19.8 Å². The van der Waals surface area contributed by atoms with Crippen LogP contribution in [-0.4, -0.2) is 12.5 Å². The minimum atomic E-state index is -0.235. The zero-order valence-electron chi connectivity index (χ0n) is 11.8. The predicted molar refractivity (Wildman–Crippen MR) is 83.2 cm³/mol. The Kier molecular flexibility index (Phi) is 5.34. The molecular formula is C17H17ClFNO. The van der Waals surface area contributed by atoms with Crippen LogP contribution in [0.15, 0.2) is 42.5 Å².